The highest BCUT2D eigenvalue weighted by molar-refractivity contribution is 7.14. The normalized spacial score (nSPS) is 18.9. The maximum absolute atomic E-state index is 12.7. The van der Waals surface area contributed by atoms with Crippen molar-refractivity contribution in [3.8, 4) is 0 Å². The van der Waals surface area contributed by atoms with Crippen LogP contribution in [0.2, 0.25) is 0 Å². The molecule has 0 radical (unpaired) electrons. The van der Waals surface area contributed by atoms with Gasteiger partial charge >= 0.3 is 0 Å². The van der Waals surface area contributed by atoms with Crippen molar-refractivity contribution in [2.24, 2.45) is 0 Å². The van der Waals surface area contributed by atoms with Crippen LogP contribution in [0.3, 0.4) is 0 Å². The predicted octanol–water partition coefficient (Wildman–Crippen LogP) is 2.42. The second-order valence-electron chi connectivity index (χ2n) is 7.72. The number of fused-ring (bicyclic) bond motifs is 2. The molecular weight excluding hydrogens is 374 g/mol. The van der Waals surface area contributed by atoms with Gasteiger partial charge in [0.05, 0.1) is 17.1 Å². The molecule has 152 valence electrons. The molecule has 2 N–H and O–H groups in total. The van der Waals surface area contributed by atoms with Crippen molar-refractivity contribution in [3.63, 3.8) is 0 Å². The number of aromatic amines is 1. The molecule has 4 rings (SSSR count). The summed E-state index contributed by atoms with van der Waals surface area (Å²) in [6.45, 7) is 8.69. The number of H-pyrrole nitrogens is 1. The fraction of sp³-hybridized carbons (Fsp3) is 0.650. The van der Waals surface area contributed by atoms with Crippen LogP contribution in [0.1, 0.15) is 57.9 Å². The van der Waals surface area contributed by atoms with E-state index in [1.807, 2.05) is 6.92 Å². The molecule has 0 aromatic carbocycles. The number of carbonyl (C=O) groups excluding carboxylic acids is 1. The lowest BCUT2D eigenvalue weighted by Crippen LogP contribution is -2.46. The monoisotopic (exact) mass is 403 g/mol. The minimum atomic E-state index is -0.191. The van der Waals surface area contributed by atoms with Crippen molar-refractivity contribution in [2.45, 2.75) is 51.6 Å². The van der Waals surface area contributed by atoms with Gasteiger partial charge in [-0.15, -0.1) is 11.3 Å². The maximum Gasteiger partial charge on any atom is 0.261 e. The zero-order chi connectivity index (χ0) is 19.6. The van der Waals surface area contributed by atoms with Gasteiger partial charge in [0, 0.05) is 37.4 Å². The number of hydrogen-bond acceptors (Lipinski definition) is 6. The topological polar surface area (TPSA) is 83.1 Å². The summed E-state index contributed by atoms with van der Waals surface area (Å²) in [5, 5.41) is 9.95. The summed E-state index contributed by atoms with van der Waals surface area (Å²) in [7, 11) is 0. The number of thiophene rings is 1. The van der Waals surface area contributed by atoms with Crippen molar-refractivity contribution < 1.29 is 9.53 Å². The summed E-state index contributed by atoms with van der Waals surface area (Å²) in [5.41, 5.74) is 1.07. The Morgan fingerprint density at radius 2 is 2.25 bits per heavy atom. The van der Waals surface area contributed by atoms with E-state index in [1.165, 1.54) is 16.9 Å². The Morgan fingerprint density at radius 3 is 2.96 bits per heavy atom. The first-order valence-corrected chi connectivity index (χ1v) is 11.1. The fourth-order valence-corrected chi connectivity index (χ4v) is 5.42. The van der Waals surface area contributed by atoms with Crippen LogP contribution in [0, 0.1) is 6.92 Å². The average Bonchev–Trinajstić information content (AvgIpc) is 3.31. The van der Waals surface area contributed by atoms with E-state index in [4.69, 9.17) is 4.74 Å². The lowest BCUT2D eigenvalue weighted by atomic mass is 9.82. The van der Waals surface area contributed by atoms with Gasteiger partial charge < -0.3 is 15.0 Å². The second kappa shape index (κ2) is 8.31. The molecule has 0 atom stereocenters. The molecule has 1 spiro atoms. The molecule has 28 heavy (non-hydrogen) atoms. The summed E-state index contributed by atoms with van der Waals surface area (Å²) in [6, 6.07) is 2.08. The first-order chi connectivity index (χ1) is 13.6. The molecule has 1 fully saturated rings. The molecule has 2 aromatic heterocycles. The lowest BCUT2D eigenvalue weighted by molar-refractivity contribution is -0.0969. The number of aryl methyl sites for hydroxylation is 1. The van der Waals surface area contributed by atoms with Crippen LogP contribution in [-0.4, -0.2) is 58.8 Å². The van der Waals surface area contributed by atoms with E-state index >= 15 is 0 Å². The quantitative estimate of drug-likeness (QED) is 0.774. The smallest absolute Gasteiger partial charge is 0.261 e. The van der Waals surface area contributed by atoms with Crippen LogP contribution in [0.5, 0.6) is 0 Å². The molecule has 0 bridgehead atoms. The fourth-order valence-electron chi connectivity index (χ4n) is 4.27. The van der Waals surface area contributed by atoms with E-state index in [-0.39, 0.29) is 11.5 Å². The zero-order valence-corrected chi connectivity index (χ0v) is 17.5. The Hall–Kier alpha value is -1.77. The van der Waals surface area contributed by atoms with Gasteiger partial charge in [-0.25, -0.2) is 4.98 Å². The predicted molar refractivity (Wildman–Crippen MR) is 109 cm³/mol. The van der Waals surface area contributed by atoms with Crippen molar-refractivity contribution in [1.29, 1.82) is 0 Å². The summed E-state index contributed by atoms with van der Waals surface area (Å²) < 4.78 is 6.32. The molecule has 1 amide bonds. The SMILES string of the molecule is CCCN1CCC2(CC1)OCCc1sc(C(=O)NCCc3n[nH]c(C)n3)cc12. The number of rotatable bonds is 6. The second-order valence-corrected chi connectivity index (χ2v) is 8.86. The first kappa shape index (κ1) is 19.5. The third-order valence-corrected chi connectivity index (χ3v) is 6.91. The zero-order valence-electron chi connectivity index (χ0n) is 16.7. The summed E-state index contributed by atoms with van der Waals surface area (Å²) in [6.07, 6.45) is 4.75. The van der Waals surface area contributed by atoms with Gasteiger partial charge in [-0.05, 0) is 44.4 Å². The van der Waals surface area contributed by atoms with Crippen molar-refractivity contribution in [1.82, 2.24) is 25.4 Å². The Morgan fingerprint density at radius 1 is 1.43 bits per heavy atom. The van der Waals surface area contributed by atoms with Gasteiger partial charge in [0.25, 0.3) is 5.91 Å². The third kappa shape index (κ3) is 3.99. The van der Waals surface area contributed by atoms with Crippen LogP contribution in [-0.2, 0) is 23.2 Å². The number of piperidine rings is 1. The minimum absolute atomic E-state index is 0.00905. The number of nitrogens with one attached hydrogen (secondary N) is 2. The Balaban J connectivity index is 1.40. The number of ether oxygens (including phenoxy) is 1. The number of carbonyl (C=O) groups is 1. The van der Waals surface area contributed by atoms with E-state index in [0.29, 0.717) is 13.0 Å². The highest BCUT2D eigenvalue weighted by Crippen LogP contribution is 2.44. The van der Waals surface area contributed by atoms with E-state index in [2.05, 4.69) is 38.4 Å². The standard InChI is InChI=1S/C20H29N5O2S/c1-3-9-25-10-6-20(7-11-25)15-13-17(28-16(15)5-12-27-20)19(26)21-8-4-18-22-14(2)23-24-18/h13H,3-12H2,1-2H3,(H,21,26)(H,22,23,24). The van der Waals surface area contributed by atoms with Gasteiger partial charge in [0.2, 0.25) is 0 Å². The first-order valence-electron chi connectivity index (χ1n) is 10.3. The number of likely N-dealkylation sites (tertiary alicyclic amines) is 1. The number of aromatic nitrogens is 3. The Bertz CT molecular complexity index is 822. The molecule has 4 heterocycles. The highest BCUT2D eigenvalue weighted by Gasteiger charge is 2.42. The van der Waals surface area contributed by atoms with E-state index in [1.54, 1.807) is 11.3 Å². The summed E-state index contributed by atoms with van der Waals surface area (Å²) in [4.78, 5) is 21.6. The Kier molecular flexibility index (Phi) is 5.80. The molecule has 1 saturated heterocycles. The van der Waals surface area contributed by atoms with Gasteiger partial charge in [0.1, 0.15) is 5.82 Å². The van der Waals surface area contributed by atoms with Gasteiger partial charge in [0.15, 0.2) is 5.82 Å². The van der Waals surface area contributed by atoms with Gasteiger partial charge in [-0.1, -0.05) is 6.92 Å². The van der Waals surface area contributed by atoms with Crippen LogP contribution in [0.4, 0.5) is 0 Å². The highest BCUT2D eigenvalue weighted by atomic mass is 32.1. The third-order valence-electron chi connectivity index (χ3n) is 5.71. The summed E-state index contributed by atoms with van der Waals surface area (Å²) >= 11 is 1.63. The van der Waals surface area contributed by atoms with Crippen LogP contribution in [0.25, 0.3) is 0 Å². The molecule has 0 aliphatic carbocycles. The molecule has 2 aliphatic heterocycles. The molecule has 0 unspecified atom stereocenters. The Labute approximate surface area is 169 Å². The molecule has 2 aromatic rings. The average molecular weight is 404 g/mol. The van der Waals surface area contributed by atoms with Crippen LogP contribution in [0.15, 0.2) is 6.07 Å². The number of hydrogen-bond donors (Lipinski definition) is 2. The molecule has 8 heteroatoms. The van der Waals surface area contributed by atoms with Crippen molar-refractivity contribution in [3.05, 3.63) is 33.0 Å². The minimum Gasteiger partial charge on any atom is -0.370 e. The number of nitrogens with zero attached hydrogens (tertiary/aromatic N) is 3. The van der Waals surface area contributed by atoms with Crippen LogP contribution < -0.4 is 5.32 Å². The van der Waals surface area contributed by atoms with Crippen molar-refractivity contribution in [2.75, 3.05) is 32.8 Å². The molecule has 0 saturated carbocycles. The van der Waals surface area contributed by atoms with Crippen molar-refractivity contribution >= 4 is 17.2 Å². The van der Waals surface area contributed by atoms with Gasteiger partial charge in [-0.2, -0.15) is 5.10 Å². The molecule has 7 nitrogen and oxygen atoms in total. The summed E-state index contributed by atoms with van der Waals surface area (Å²) in [5.74, 6) is 1.52. The molecular formula is C20H29N5O2S. The van der Waals surface area contributed by atoms with Gasteiger partial charge in [-0.3, -0.25) is 9.89 Å². The van der Waals surface area contributed by atoms with E-state index < -0.39 is 0 Å². The largest absolute Gasteiger partial charge is 0.370 e. The van der Waals surface area contributed by atoms with E-state index in [0.717, 1.165) is 62.0 Å². The van der Waals surface area contributed by atoms with E-state index in [9.17, 15) is 4.79 Å². The van der Waals surface area contributed by atoms with Crippen LogP contribution >= 0.6 is 11.3 Å². The molecule has 2 aliphatic rings. The lowest BCUT2D eigenvalue weighted by Gasteiger charge is -2.44. The number of amides is 1. The maximum atomic E-state index is 12.7.